The highest BCUT2D eigenvalue weighted by Crippen LogP contribution is 2.31. The van der Waals surface area contributed by atoms with Crippen LogP contribution < -0.4 is 10.7 Å². The van der Waals surface area contributed by atoms with Crippen LogP contribution in [0.1, 0.15) is 34.7 Å². The highest BCUT2D eigenvalue weighted by Gasteiger charge is 2.35. The number of aliphatic hydroxyl groups is 1. The third-order valence-corrected chi connectivity index (χ3v) is 4.35. The summed E-state index contributed by atoms with van der Waals surface area (Å²) in [6.45, 7) is 1.63. The molecule has 24 heavy (non-hydrogen) atoms. The molecule has 1 aliphatic carbocycles. The second kappa shape index (κ2) is 6.97. The largest absolute Gasteiger partial charge is 0.456 e. The van der Waals surface area contributed by atoms with E-state index in [9.17, 15) is 14.7 Å². The first-order valence-electron chi connectivity index (χ1n) is 8.01. The number of aryl methyl sites for hydroxylation is 1. The normalized spacial score (nSPS) is 20.9. The molecular formula is C18H20N2O4. The number of hydrogen-bond acceptors (Lipinski definition) is 5. The van der Waals surface area contributed by atoms with Crippen LogP contribution in [0, 0.1) is 12.8 Å². The second-order valence-electron chi connectivity index (χ2n) is 6.29. The van der Waals surface area contributed by atoms with Crippen LogP contribution in [0.4, 0.5) is 0 Å². The van der Waals surface area contributed by atoms with E-state index in [4.69, 9.17) is 4.42 Å². The number of aromatic nitrogens is 1. The third kappa shape index (κ3) is 3.89. The minimum Gasteiger partial charge on any atom is -0.456 e. The van der Waals surface area contributed by atoms with Gasteiger partial charge in [0, 0.05) is 30.6 Å². The molecule has 1 saturated carbocycles. The van der Waals surface area contributed by atoms with Gasteiger partial charge in [0.15, 0.2) is 11.2 Å². The Kier molecular flexibility index (Phi) is 4.76. The summed E-state index contributed by atoms with van der Waals surface area (Å²) in [5.41, 5.74) is 0.802. The number of amides is 1. The number of aliphatic hydroxyl groups excluding tert-OH is 1. The number of nitrogens with one attached hydrogen (secondary N) is 1. The molecule has 1 fully saturated rings. The van der Waals surface area contributed by atoms with E-state index >= 15 is 0 Å². The lowest BCUT2D eigenvalue weighted by Gasteiger charge is -2.38. The van der Waals surface area contributed by atoms with Crippen molar-refractivity contribution in [1.29, 1.82) is 0 Å². The molecule has 0 saturated heterocycles. The van der Waals surface area contributed by atoms with Gasteiger partial charge in [0.2, 0.25) is 0 Å². The van der Waals surface area contributed by atoms with Gasteiger partial charge in [-0.25, -0.2) is 0 Å². The topological polar surface area (TPSA) is 92.4 Å². The molecule has 0 aromatic carbocycles. The third-order valence-electron chi connectivity index (χ3n) is 4.35. The second-order valence-corrected chi connectivity index (χ2v) is 6.29. The fourth-order valence-corrected chi connectivity index (χ4v) is 3.02. The number of carbonyl (C=O) groups is 1. The van der Waals surface area contributed by atoms with Crippen LogP contribution >= 0.6 is 0 Å². The van der Waals surface area contributed by atoms with Crippen LogP contribution in [0.3, 0.4) is 0 Å². The molecule has 2 aromatic heterocycles. The monoisotopic (exact) mass is 328 g/mol. The molecule has 2 N–H and O–H groups in total. The van der Waals surface area contributed by atoms with Crippen molar-refractivity contribution in [3.63, 3.8) is 0 Å². The van der Waals surface area contributed by atoms with E-state index in [0.29, 0.717) is 25.0 Å². The Bertz CT molecular complexity index is 766. The van der Waals surface area contributed by atoms with E-state index in [1.165, 1.54) is 12.1 Å². The van der Waals surface area contributed by atoms with E-state index in [2.05, 4.69) is 10.3 Å². The van der Waals surface area contributed by atoms with Gasteiger partial charge in [-0.15, -0.1) is 0 Å². The standard InChI is InChI=1S/C18H20N2O4/c1-11-6-14(21)10-17(24-11)18(23)20-16(13-8-15(22)9-13)7-12-2-4-19-5-3-12/h2-6,10,13,15-16,22H,7-9H2,1H3,(H,20,23). The van der Waals surface area contributed by atoms with Gasteiger partial charge in [0.25, 0.3) is 5.91 Å². The summed E-state index contributed by atoms with van der Waals surface area (Å²) in [4.78, 5) is 28.0. The molecule has 1 amide bonds. The predicted octanol–water partition coefficient (Wildman–Crippen LogP) is 1.46. The highest BCUT2D eigenvalue weighted by molar-refractivity contribution is 5.91. The number of hydrogen-bond donors (Lipinski definition) is 2. The molecule has 0 aliphatic heterocycles. The van der Waals surface area contributed by atoms with E-state index in [1.807, 2.05) is 12.1 Å². The van der Waals surface area contributed by atoms with Crippen molar-refractivity contribution in [2.75, 3.05) is 0 Å². The highest BCUT2D eigenvalue weighted by atomic mass is 16.3. The molecule has 0 bridgehead atoms. The molecule has 2 aromatic rings. The number of carbonyl (C=O) groups excluding carboxylic acids is 1. The summed E-state index contributed by atoms with van der Waals surface area (Å²) in [6, 6.07) is 6.21. The number of rotatable bonds is 5. The zero-order valence-electron chi connectivity index (χ0n) is 13.4. The maximum Gasteiger partial charge on any atom is 0.287 e. The lowest BCUT2D eigenvalue weighted by atomic mass is 9.75. The van der Waals surface area contributed by atoms with E-state index < -0.39 is 5.91 Å². The summed E-state index contributed by atoms with van der Waals surface area (Å²) >= 11 is 0. The molecule has 6 heteroatoms. The van der Waals surface area contributed by atoms with Crippen molar-refractivity contribution >= 4 is 5.91 Å². The minimum absolute atomic E-state index is 0.0135. The quantitative estimate of drug-likeness (QED) is 0.867. The molecule has 1 unspecified atom stereocenters. The van der Waals surface area contributed by atoms with Crippen molar-refractivity contribution in [3.8, 4) is 0 Å². The first-order chi connectivity index (χ1) is 11.5. The first-order valence-corrected chi connectivity index (χ1v) is 8.01. The smallest absolute Gasteiger partial charge is 0.287 e. The summed E-state index contributed by atoms with van der Waals surface area (Å²) in [7, 11) is 0. The molecule has 1 atom stereocenters. The van der Waals surface area contributed by atoms with Crippen molar-refractivity contribution in [1.82, 2.24) is 10.3 Å². The summed E-state index contributed by atoms with van der Waals surface area (Å²) < 4.78 is 5.35. The van der Waals surface area contributed by atoms with Crippen molar-refractivity contribution < 1.29 is 14.3 Å². The Hall–Kier alpha value is -2.47. The van der Waals surface area contributed by atoms with Crippen LogP contribution in [0.25, 0.3) is 0 Å². The van der Waals surface area contributed by atoms with Gasteiger partial charge in [-0.1, -0.05) is 0 Å². The minimum atomic E-state index is -0.406. The van der Waals surface area contributed by atoms with Crippen LogP contribution in [0.2, 0.25) is 0 Å². The van der Waals surface area contributed by atoms with Crippen LogP contribution in [-0.4, -0.2) is 28.1 Å². The summed E-state index contributed by atoms with van der Waals surface area (Å²) in [6.07, 6.45) is 5.08. The van der Waals surface area contributed by atoms with Crippen molar-refractivity contribution in [2.45, 2.75) is 38.3 Å². The van der Waals surface area contributed by atoms with Gasteiger partial charge in [0.05, 0.1) is 6.10 Å². The Balaban J connectivity index is 1.75. The lowest BCUT2D eigenvalue weighted by Crippen LogP contribution is -2.48. The maximum absolute atomic E-state index is 12.5. The summed E-state index contributed by atoms with van der Waals surface area (Å²) in [5, 5.41) is 12.5. The van der Waals surface area contributed by atoms with Gasteiger partial charge in [-0.3, -0.25) is 14.6 Å². The maximum atomic E-state index is 12.5. The molecule has 3 rings (SSSR count). The van der Waals surface area contributed by atoms with Crippen molar-refractivity contribution in [3.05, 3.63) is 64.0 Å². The average molecular weight is 328 g/mol. The van der Waals surface area contributed by atoms with Crippen LogP contribution in [0.5, 0.6) is 0 Å². The first kappa shape index (κ1) is 16.4. The fourth-order valence-electron chi connectivity index (χ4n) is 3.02. The molecular weight excluding hydrogens is 308 g/mol. The van der Waals surface area contributed by atoms with Gasteiger partial charge < -0.3 is 14.8 Å². The molecule has 1 aliphatic rings. The van der Waals surface area contributed by atoms with Crippen LogP contribution in [-0.2, 0) is 6.42 Å². The molecule has 2 heterocycles. The predicted molar refractivity (Wildman–Crippen MR) is 87.6 cm³/mol. The van der Waals surface area contributed by atoms with E-state index in [1.54, 1.807) is 19.3 Å². The average Bonchev–Trinajstić information content (AvgIpc) is 2.51. The Morgan fingerprint density at radius 3 is 2.71 bits per heavy atom. The molecule has 126 valence electrons. The summed E-state index contributed by atoms with van der Waals surface area (Å²) in [5.74, 6) is 0.210. The van der Waals surface area contributed by atoms with E-state index in [0.717, 1.165) is 5.56 Å². The van der Waals surface area contributed by atoms with Gasteiger partial charge in [-0.05, 0) is 49.8 Å². The van der Waals surface area contributed by atoms with Gasteiger partial charge in [-0.2, -0.15) is 0 Å². The fraction of sp³-hybridized carbons (Fsp3) is 0.389. The Morgan fingerprint density at radius 2 is 2.08 bits per heavy atom. The zero-order valence-corrected chi connectivity index (χ0v) is 13.4. The van der Waals surface area contributed by atoms with E-state index in [-0.39, 0.29) is 29.3 Å². The molecule has 6 nitrogen and oxygen atoms in total. The zero-order chi connectivity index (χ0) is 17.1. The van der Waals surface area contributed by atoms with Gasteiger partial charge >= 0.3 is 0 Å². The molecule has 0 spiro atoms. The van der Waals surface area contributed by atoms with Gasteiger partial charge in [0.1, 0.15) is 5.76 Å². The number of pyridine rings is 1. The Morgan fingerprint density at radius 1 is 1.38 bits per heavy atom. The SMILES string of the molecule is Cc1cc(=O)cc(C(=O)NC(Cc2ccncc2)C2CC(O)C2)o1. The molecule has 0 radical (unpaired) electrons. The number of nitrogens with zero attached hydrogens (tertiary/aromatic N) is 1. The lowest BCUT2D eigenvalue weighted by molar-refractivity contribution is 0.0236. The Labute approximate surface area is 139 Å². The van der Waals surface area contributed by atoms with Crippen molar-refractivity contribution in [2.24, 2.45) is 5.92 Å². The van der Waals surface area contributed by atoms with Crippen LogP contribution in [0.15, 0.2) is 45.9 Å².